The quantitative estimate of drug-likeness (QED) is 0.0590. The molecule has 0 aliphatic rings. The number of nitrogens with zero attached hydrogens (tertiary/aromatic N) is 2. The Morgan fingerprint density at radius 2 is 0.385 bits per heavy atom. The first kappa shape index (κ1) is 41.1. The van der Waals surface area contributed by atoms with Crippen LogP contribution < -0.4 is 0 Å². The van der Waals surface area contributed by atoms with Gasteiger partial charge in [0.25, 0.3) is 0 Å². The monoisotopic (exact) mass is 555 g/mol. The van der Waals surface area contributed by atoms with Crippen molar-refractivity contribution >= 4 is 0 Å². The van der Waals surface area contributed by atoms with Gasteiger partial charge in [0.15, 0.2) is 0 Å². The third-order valence-electron chi connectivity index (χ3n) is 9.43. The van der Waals surface area contributed by atoms with E-state index in [4.69, 9.17) is 0 Å². The Labute approximate surface area is 251 Å². The van der Waals surface area contributed by atoms with Crippen molar-refractivity contribution in [2.75, 3.05) is 52.4 Å². The predicted octanol–water partition coefficient (Wildman–Crippen LogP) is 12.0. The summed E-state index contributed by atoms with van der Waals surface area (Å²) in [5, 5.41) is 0. The third kappa shape index (κ3) is 22.2. The Bertz CT molecular complexity index is 375. The van der Waals surface area contributed by atoms with Gasteiger partial charge in [0.2, 0.25) is 0 Å². The minimum atomic E-state index is 0. The summed E-state index contributed by atoms with van der Waals surface area (Å²) < 4.78 is 2.87. The Morgan fingerprint density at radius 3 is 0.564 bits per heavy atom. The molecule has 0 aliphatic heterocycles. The van der Waals surface area contributed by atoms with Crippen LogP contribution in [0, 0.1) is 0 Å². The van der Waals surface area contributed by atoms with Gasteiger partial charge in [-0.05, 0) is 64.2 Å². The van der Waals surface area contributed by atoms with E-state index in [0.717, 1.165) is 0 Å². The maximum Gasteiger partial charge on any atom is 0.0786 e. The molecule has 0 aromatic carbocycles. The normalized spacial score (nSPS) is 12.2. The largest absolute Gasteiger partial charge is 0.324 e. The van der Waals surface area contributed by atoms with E-state index in [9.17, 15) is 0 Å². The van der Waals surface area contributed by atoms with E-state index in [2.05, 4.69) is 41.5 Å². The van der Waals surface area contributed by atoms with Gasteiger partial charge < -0.3 is 8.97 Å². The SMILES string of the molecule is C.CCCC[N+](CCCC)(CCCC)CCCCCCCCCCCC[N+](CCCC)(CCCC)CCCC. The fourth-order valence-electron chi connectivity index (χ4n) is 6.61. The van der Waals surface area contributed by atoms with Crippen LogP contribution in [0.4, 0.5) is 0 Å². The van der Waals surface area contributed by atoms with Crippen molar-refractivity contribution in [2.24, 2.45) is 0 Å². The Morgan fingerprint density at radius 1 is 0.231 bits per heavy atom. The summed E-state index contributed by atoms with van der Waals surface area (Å²) in [5.74, 6) is 0. The van der Waals surface area contributed by atoms with Crippen molar-refractivity contribution in [3.8, 4) is 0 Å². The molecule has 0 fully saturated rings. The van der Waals surface area contributed by atoms with Gasteiger partial charge in [-0.2, -0.15) is 0 Å². The zero-order valence-corrected chi connectivity index (χ0v) is 28.1. The first-order valence-corrected chi connectivity index (χ1v) is 18.3. The molecule has 0 aromatic rings. The lowest BCUT2D eigenvalue weighted by atomic mass is 10.0. The molecule has 2 heteroatoms. The van der Waals surface area contributed by atoms with Crippen LogP contribution in [-0.2, 0) is 0 Å². The first-order chi connectivity index (χ1) is 18.6. The van der Waals surface area contributed by atoms with Gasteiger partial charge in [-0.25, -0.2) is 0 Å². The van der Waals surface area contributed by atoms with Crippen LogP contribution in [0.3, 0.4) is 0 Å². The molecule has 0 amide bonds. The molecule has 0 unspecified atom stereocenters. The molecule has 0 aromatic heterocycles. The van der Waals surface area contributed by atoms with E-state index in [1.807, 2.05) is 0 Å². The fourth-order valence-corrected chi connectivity index (χ4v) is 6.61. The van der Waals surface area contributed by atoms with Gasteiger partial charge in [0.05, 0.1) is 52.4 Å². The van der Waals surface area contributed by atoms with E-state index in [1.165, 1.54) is 203 Å². The van der Waals surface area contributed by atoms with Crippen LogP contribution in [0.5, 0.6) is 0 Å². The molecule has 0 radical (unpaired) electrons. The smallest absolute Gasteiger partial charge is 0.0786 e. The van der Waals surface area contributed by atoms with Gasteiger partial charge in [0, 0.05) is 0 Å². The zero-order chi connectivity index (χ0) is 28.2. The summed E-state index contributed by atoms with van der Waals surface area (Å²) in [7, 11) is 0. The Balaban J connectivity index is 0. The molecular formula is C37H82N2+2. The van der Waals surface area contributed by atoms with E-state index in [1.54, 1.807) is 0 Å². The van der Waals surface area contributed by atoms with Gasteiger partial charge in [-0.3, -0.25) is 0 Å². The molecule has 0 spiro atoms. The molecule has 0 aliphatic carbocycles. The summed E-state index contributed by atoms with van der Waals surface area (Å²) in [6, 6.07) is 0. The highest BCUT2D eigenvalue weighted by atomic mass is 15.4. The zero-order valence-electron chi connectivity index (χ0n) is 28.1. The summed E-state index contributed by atoms with van der Waals surface area (Å²) in [6.45, 7) is 25.8. The van der Waals surface area contributed by atoms with Crippen LogP contribution in [-0.4, -0.2) is 61.3 Å². The van der Waals surface area contributed by atoms with Gasteiger partial charge in [-0.1, -0.05) is 126 Å². The molecule has 2 nitrogen and oxygen atoms in total. The van der Waals surface area contributed by atoms with Crippen LogP contribution in [0.1, 0.15) is 190 Å². The molecule has 0 heterocycles. The second-order valence-electron chi connectivity index (χ2n) is 13.1. The summed E-state index contributed by atoms with van der Waals surface area (Å²) >= 11 is 0. The number of hydrogen-bond acceptors (Lipinski definition) is 0. The lowest BCUT2D eigenvalue weighted by Crippen LogP contribution is -2.50. The predicted molar refractivity (Wildman–Crippen MR) is 182 cm³/mol. The first-order valence-electron chi connectivity index (χ1n) is 18.3. The lowest BCUT2D eigenvalue weighted by Gasteiger charge is -2.39. The molecule has 0 rings (SSSR count). The molecule has 238 valence electrons. The summed E-state index contributed by atoms with van der Waals surface area (Å²) in [4.78, 5) is 0. The highest BCUT2D eigenvalue weighted by Crippen LogP contribution is 2.20. The Hall–Kier alpha value is -0.0800. The number of rotatable bonds is 31. The standard InChI is InChI=1S/C36H78N2.CH4/c1-7-13-29-37(30-14-8-2,31-15-9-3)35-27-25-23-21-19-20-22-24-26-28-36-38(32-16-10-4,33-17-11-5)34-18-12-6;/h7-36H2,1-6H3;1H4/q+2;. The van der Waals surface area contributed by atoms with Crippen molar-refractivity contribution in [1.29, 1.82) is 0 Å². The van der Waals surface area contributed by atoms with Crippen LogP contribution in [0.25, 0.3) is 0 Å². The summed E-state index contributed by atoms with van der Waals surface area (Å²) in [5.41, 5.74) is 0. The van der Waals surface area contributed by atoms with Crippen molar-refractivity contribution in [3.05, 3.63) is 0 Å². The van der Waals surface area contributed by atoms with Crippen molar-refractivity contribution in [3.63, 3.8) is 0 Å². The second kappa shape index (κ2) is 29.4. The van der Waals surface area contributed by atoms with E-state index < -0.39 is 0 Å². The van der Waals surface area contributed by atoms with E-state index >= 15 is 0 Å². The lowest BCUT2D eigenvalue weighted by molar-refractivity contribution is -0.929. The second-order valence-corrected chi connectivity index (χ2v) is 13.1. The average molecular weight is 555 g/mol. The minimum absolute atomic E-state index is 0. The van der Waals surface area contributed by atoms with Crippen molar-refractivity contribution < 1.29 is 8.97 Å². The van der Waals surface area contributed by atoms with Gasteiger partial charge in [0.1, 0.15) is 0 Å². The maximum atomic E-state index is 2.37. The molecular weight excluding hydrogens is 472 g/mol. The van der Waals surface area contributed by atoms with Gasteiger partial charge in [-0.15, -0.1) is 0 Å². The average Bonchev–Trinajstić information content (AvgIpc) is 2.94. The molecule has 0 saturated carbocycles. The maximum absolute atomic E-state index is 2.37. The van der Waals surface area contributed by atoms with Gasteiger partial charge >= 0.3 is 0 Å². The molecule has 39 heavy (non-hydrogen) atoms. The van der Waals surface area contributed by atoms with Crippen molar-refractivity contribution in [1.82, 2.24) is 0 Å². The number of unbranched alkanes of at least 4 members (excludes halogenated alkanes) is 15. The molecule has 0 atom stereocenters. The van der Waals surface area contributed by atoms with E-state index in [-0.39, 0.29) is 7.43 Å². The number of quaternary nitrogens is 2. The molecule has 0 saturated heterocycles. The highest BCUT2D eigenvalue weighted by molar-refractivity contribution is 4.54. The minimum Gasteiger partial charge on any atom is -0.324 e. The third-order valence-corrected chi connectivity index (χ3v) is 9.43. The molecule has 0 bridgehead atoms. The fraction of sp³-hybridized carbons (Fsp3) is 1.00. The van der Waals surface area contributed by atoms with E-state index in [0.29, 0.717) is 0 Å². The van der Waals surface area contributed by atoms with Crippen LogP contribution in [0.2, 0.25) is 0 Å². The summed E-state index contributed by atoms with van der Waals surface area (Å²) in [6.07, 6.45) is 31.4. The number of hydrogen-bond donors (Lipinski definition) is 0. The van der Waals surface area contributed by atoms with Crippen LogP contribution in [0.15, 0.2) is 0 Å². The topological polar surface area (TPSA) is 0 Å². The highest BCUT2D eigenvalue weighted by Gasteiger charge is 2.26. The Kier molecular flexibility index (Phi) is 31.0. The van der Waals surface area contributed by atoms with Crippen molar-refractivity contribution in [2.45, 2.75) is 190 Å². The molecule has 0 N–H and O–H groups in total. The van der Waals surface area contributed by atoms with Crippen LogP contribution >= 0.6 is 0 Å².